The van der Waals surface area contributed by atoms with E-state index < -0.39 is 17.5 Å². The maximum atomic E-state index is 13.6. The molecule has 0 aliphatic heterocycles. The van der Waals surface area contributed by atoms with E-state index in [9.17, 15) is 13.6 Å². The predicted octanol–water partition coefficient (Wildman–Crippen LogP) is 3.32. The zero-order valence-corrected chi connectivity index (χ0v) is 11.6. The lowest BCUT2D eigenvalue weighted by Crippen LogP contribution is -2.26. The van der Waals surface area contributed by atoms with E-state index in [1.165, 1.54) is 32.7 Å². The predicted molar refractivity (Wildman–Crippen MR) is 74.8 cm³/mol. The molecular weight excluding hydrogens is 262 g/mol. The summed E-state index contributed by atoms with van der Waals surface area (Å²) in [5, 5.41) is 5.15. The standard InChI is InChI=1S/C15H20F2N2O/c1-18-14-12(16)8-11(9-13(14)17)15(20)19-7-6-10-4-2-3-5-10/h8-10,18H,2-7H2,1H3,(H,19,20). The molecule has 0 unspecified atom stereocenters. The van der Waals surface area contributed by atoms with Gasteiger partial charge >= 0.3 is 0 Å². The maximum Gasteiger partial charge on any atom is 0.251 e. The molecule has 1 aliphatic rings. The summed E-state index contributed by atoms with van der Waals surface area (Å²) in [7, 11) is 1.43. The first-order chi connectivity index (χ1) is 9.61. The summed E-state index contributed by atoms with van der Waals surface area (Å²) >= 11 is 0. The van der Waals surface area contributed by atoms with Gasteiger partial charge in [-0.3, -0.25) is 4.79 Å². The summed E-state index contributed by atoms with van der Waals surface area (Å²) in [5.41, 5.74) is -0.196. The minimum atomic E-state index is -0.756. The molecule has 5 heteroatoms. The van der Waals surface area contributed by atoms with Crippen LogP contribution >= 0.6 is 0 Å². The van der Waals surface area contributed by atoms with Gasteiger partial charge in [-0.2, -0.15) is 0 Å². The zero-order chi connectivity index (χ0) is 14.5. The van der Waals surface area contributed by atoms with Crippen LogP contribution in [0.2, 0.25) is 0 Å². The van der Waals surface area contributed by atoms with E-state index in [-0.39, 0.29) is 11.3 Å². The van der Waals surface area contributed by atoms with Gasteiger partial charge in [0.2, 0.25) is 0 Å². The molecule has 20 heavy (non-hydrogen) atoms. The van der Waals surface area contributed by atoms with Crippen LogP contribution in [0, 0.1) is 17.6 Å². The first-order valence-corrected chi connectivity index (χ1v) is 7.07. The lowest BCUT2D eigenvalue weighted by Gasteiger charge is -2.11. The Balaban J connectivity index is 1.91. The fourth-order valence-corrected chi connectivity index (χ4v) is 2.73. The Bertz CT molecular complexity index is 462. The minimum absolute atomic E-state index is 0.0189. The molecule has 3 nitrogen and oxygen atoms in total. The number of anilines is 1. The number of hydrogen-bond acceptors (Lipinski definition) is 2. The second-order valence-electron chi connectivity index (χ2n) is 5.26. The SMILES string of the molecule is CNc1c(F)cc(C(=O)NCCC2CCCC2)cc1F. The fraction of sp³-hybridized carbons (Fsp3) is 0.533. The van der Waals surface area contributed by atoms with Crippen molar-refractivity contribution >= 4 is 11.6 Å². The number of nitrogens with one attached hydrogen (secondary N) is 2. The van der Waals surface area contributed by atoms with Crippen molar-refractivity contribution in [2.24, 2.45) is 5.92 Å². The molecule has 0 aromatic heterocycles. The zero-order valence-electron chi connectivity index (χ0n) is 11.6. The minimum Gasteiger partial charge on any atom is -0.383 e. The van der Waals surface area contributed by atoms with Gasteiger partial charge in [-0.15, -0.1) is 0 Å². The summed E-state index contributed by atoms with van der Waals surface area (Å²) in [6, 6.07) is 2.11. The number of amides is 1. The summed E-state index contributed by atoms with van der Waals surface area (Å²) in [5.74, 6) is -1.26. The van der Waals surface area contributed by atoms with Crippen molar-refractivity contribution < 1.29 is 13.6 Å². The number of rotatable bonds is 5. The average Bonchev–Trinajstić information content (AvgIpc) is 2.91. The largest absolute Gasteiger partial charge is 0.383 e. The van der Waals surface area contributed by atoms with Gasteiger partial charge in [0.25, 0.3) is 5.91 Å². The molecule has 0 radical (unpaired) electrons. The topological polar surface area (TPSA) is 41.1 Å². The van der Waals surface area contributed by atoms with Crippen LogP contribution in [0.5, 0.6) is 0 Å². The smallest absolute Gasteiger partial charge is 0.251 e. The Kier molecular flexibility index (Phi) is 4.93. The Labute approximate surface area is 117 Å². The van der Waals surface area contributed by atoms with E-state index in [0.29, 0.717) is 12.5 Å². The van der Waals surface area contributed by atoms with Crippen LogP contribution in [0.3, 0.4) is 0 Å². The lowest BCUT2D eigenvalue weighted by molar-refractivity contribution is 0.0950. The van der Waals surface area contributed by atoms with Gasteiger partial charge in [0.05, 0.1) is 0 Å². The van der Waals surface area contributed by atoms with Gasteiger partial charge in [0.15, 0.2) is 0 Å². The third-order valence-electron chi connectivity index (χ3n) is 3.87. The number of benzene rings is 1. The van der Waals surface area contributed by atoms with Crippen LogP contribution in [0.1, 0.15) is 42.5 Å². The third kappa shape index (κ3) is 3.46. The highest BCUT2D eigenvalue weighted by atomic mass is 19.1. The fourth-order valence-electron chi connectivity index (χ4n) is 2.73. The molecule has 1 fully saturated rings. The number of carbonyl (C=O) groups excluding carboxylic acids is 1. The van der Waals surface area contributed by atoms with E-state index in [2.05, 4.69) is 10.6 Å². The number of hydrogen-bond donors (Lipinski definition) is 2. The molecule has 1 amide bonds. The van der Waals surface area contributed by atoms with Crippen LogP contribution < -0.4 is 10.6 Å². The van der Waals surface area contributed by atoms with Gasteiger partial charge in [-0.05, 0) is 24.5 Å². The van der Waals surface area contributed by atoms with Gasteiger partial charge < -0.3 is 10.6 Å². The quantitative estimate of drug-likeness (QED) is 0.870. The van der Waals surface area contributed by atoms with Gasteiger partial charge in [-0.25, -0.2) is 8.78 Å². The van der Waals surface area contributed by atoms with Crippen LogP contribution in [0.15, 0.2) is 12.1 Å². The second-order valence-corrected chi connectivity index (χ2v) is 5.26. The molecule has 0 heterocycles. The molecule has 2 rings (SSSR count). The first kappa shape index (κ1) is 14.8. The number of carbonyl (C=O) groups is 1. The van der Waals surface area contributed by atoms with Gasteiger partial charge in [0.1, 0.15) is 17.3 Å². The molecule has 110 valence electrons. The molecule has 1 aromatic rings. The summed E-state index contributed by atoms with van der Waals surface area (Å²) in [4.78, 5) is 11.9. The van der Waals surface area contributed by atoms with Crippen molar-refractivity contribution in [2.45, 2.75) is 32.1 Å². The Morgan fingerprint density at radius 3 is 2.40 bits per heavy atom. The molecule has 0 spiro atoms. The van der Waals surface area contributed by atoms with Gasteiger partial charge in [-0.1, -0.05) is 25.7 Å². The van der Waals surface area contributed by atoms with Crippen molar-refractivity contribution in [1.29, 1.82) is 0 Å². The Morgan fingerprint density at radius 1 is 1.25 bits per heavy atom. The molecule has 1 saturated carbocycles. The van der Waals surface area contributed by atoms with Crippen molar-refractivity contribution in [2.75, 3.05) is 18.9 Å². The van der Waals surface area contributed by atoms with Crippen LogP contribution in [-0.4, -0.2) is 19.5 Å². The Morgan fingerprint density at radius 2 is 1.85 bits per heavy atom. The average molecular weight is 282 g/mol. The van der Waals surface area contributed by atoms with E-state index in [1.807, 2.05) is 0 Å². The van der Waals surface area contributed by atoms with Crippen molar-refractivity contribution in [3.05, 3.63) is 29.3 Å². The molecule has 0 atom stereocenters. The van der Waals surface area contributed by atoms with E-state index in [4.69, 9.17) is 0 Å². The number of halogens is 2. The van der Waals surface area contributed by atoms with Gasteiger partial charge in [0, 0.05) is 19.2 Å². The van der Waals surface area contributed by atoms with E-state index in [1.54, 1.807) is 0 Å². The molecule has 1 aliphatic carbocycles. The van der Waals surface area contributed by atoms with Crippen molar-refractivity contribution in [1.82, 2.24) is 5.32 Å². The normalized spacial score (nSPS) is 15.3. The van der Waals surface area contributed by atoms with Crippen LogP contribution in [0.4, 0.5) is 14.5 Å². The first-order valence-electron chi connectivity index (χ1n) is 7.07. The lowest BCUT2D eigenvalue weighted by atomic mass is 10.0. The molecule has 0 bridgehead atoms. The Hall–Kier alpha value is -1.65. The highest BCUT2D eigenvalue weighted by Crippen LogP contribution is 2.27. The molecule has 2 N–H and O–H groups in total. The monoisotopic (exact) mass is 282 g/mol. The highest BCUT2D eigenvalue weighted by molar-refractivity contribution is 5.94. The molecule has 0 saturated heterocycles. The highest BCUT2D eigenvalue weighted by Gasteiger charge is 2.16. The third-order valence-corrected chi connectivity index (χ3v) is 3.87. The van der Waals surface area contributed by atoms with Crippen LogP contribution in [-0.2, 0) is 0 Å². The summed E-state index contributed by atoms with van der Waals surface area (Å²) in [6.45, 7) is 0.556. The summed E-state index contributed by atoms with van der Waals surface area (Å²) < 4.78 is 27.1. The molecular formula is C15H20F2N2O. The van der Waals surface area contributed by atoms with E-state index >= 15 is 0 Å². The summed E-state index contributed by atoms with van der Waals surface area (Å²) in [6.07, 6.45) is 5.90. The molecule has 1 aromatic carbocycles. The van der Waals surface area contributed by atoms with Crippen LogP contribution in [0.25, 0.3) is 0 Å². The maximum absolute atomic E-state index is 13.6. The second kappa shape index (κ2) is 6.68. The van der Waals surface area contributed by atoms with Crippen molar-refractivity contribution in [3.8, 4) is 0 Å². The van der Waals surface area contributed by atoms with Crippen molar-refractivity contribution in [3.63, 3.8) is 0 Å². The van der Waals surface area contributed by atoms with E-state index in [0.717, 1.165) is 18.6 Å².